The Balaban J connectivity index is 0.000000994. The van der Waals surface area contributed by atoms with E-state index in [-0.39, 0.29) is 0 Å². The molecule has 0 aliphatic heterocycles. The molecule has 29 heavy (non-hydrogen) atoms. The van der Waals surface area contributed by atoms with Crippen LogP contribution in [0, 0.1) is 0 Å². The molecule has 0 unspecified atom stereocenters. The van der Waals surface area contributed by atoms with Crippen LogP contribution >= 0.6 is 15.9 Å². The van der Waals surface area contributed by atoms with Crippen LogP contribution in [0.1, 0.15) is 0 Å². The van der Waals surface area contributed by atoms with Crippen molar-refractivity contribution in [3.05, 3.63) is 108 Å². The minimum absolute atomic E-state index is 1.00. The molecule has 1 nitrogen and oxygen atoms in total. The van der Waals surface area contributed by atoms with Gasteiger partial charge in [0.2, 0.25) is 0 Å². The second-order valence-corrected chi connectivity index (χ2v) is 7.54. The molecule has 0 fully saturated rings. The number of hydrogen-bond donors (Lipinski definition) is 1. The van der Waals surface area contributed by atoms with Crippen LogP contribution in [0.5, 0.6) is 0 Å². The van der Waals surface area contributed by atoms with E-state index in [1.807, 2.05) is 0 Å². The van der Waals surface area contributed by atoms with E-state index in [0.29, 0.717) is 0 Å². The highest BCUT2D eigenvalue weighted by Crippen LogP contribution is 2.45. The third-order valence-corrected chi connectivity index (χ3v) is 5.78. The first-order valence-corrected chi connectivity index (χ1v) is 10.3. The molecule has 5 rings (SSSR count). The average molecular weight is 441 g/mol. The van der Waals surface area contributed by atoms with Crippen molar-refractivity contribution < 1.29 is 5.11 Å². The maximum absolute atomic E-state index is 7.00. The van der Waals surface area contributed by atoms with Crippen molar-refractivity contribution in [3.8, 4) is 22.3 Å². The van der Waals surface area contributed by atoms with Gasteiger partial charge in [-0.15, -0.1) is 0 Å². The Kier molecular flexibility index (Phi) is 5.75. The van der Waals surface area contributed by atoms with Crippen molar-refractivity contribution in [3.63, 3.8) is 0 Å². The summed E-state index contributed by atoms with van der Waals surface area (Å²) in [6, 6.07) is 36.6. The molecule has 0 heterocycles. The molecular weight excluding hydrogens is 420 g/mol. The molecule has 5 aromatic carbocycles. The van der Waals surface area contributed by atoms with Gasteiger partial charge in [0.05, 0.1) is 0 Å². The minimum Gasteiger partial charge on any atom is -0.400 e. The summed E-state index contributed by atoms with van der Waals surface area (Å²) in [5.41, 5.74) is 5.07. The SMILES string of the molecule is Brc1cccc2c(-c3ccccc3)c3ccccc3c(-c3ccccc3)c12.CO. The Morgan fingerprint density at radius 3 is 1.52 bits per heavy atom. The summed E-state index contributed by atoms with van der Waals surface area (Å²) >= 11 is 3.84. The molecule has 0 amide bonds. The fraction of sp³-hybridized carbons (Fsp3) is 0.0370. The number of halogens is 1. The van der Waals surface area contributed by atoms with Gasteiger partial charge in [-0.25, -0.2) is 0 Å². The smallest absolute Gasteiger partial charge is 0.0319 e. The van der Waals surface area contributed by atoms with Gasteiger partial charge in [-0.2, -0.15) is 0 Å². The molecule has 1 N–H and O–H groups in total. The monoisotopic (exact) mass is 440 g/mol. The van der Waals surface area contributed by atoms with Crippen molar-refractivity contribution >= 4 is 37.5 Å². The van der Waals surface area contributed by atoms with E-state index in [1.54, 1.807) is 0 Å². The second-order valence-electron chi connectivity index (χ2n) is 6.69. The van der Waals surface area contributed by atoms with E-state index in [9.17, 15) is 0 Å². The molecule has 0 aromatic heterocycles. The summed E-state index contributed by atoms with van der Waals surface area (Å²) in [7, 11) is 1.00. The van der Waals surface area contributed by atoms with E-state index in [2.05, 4.69) is 119 Å². The lowest BCUT2D eigenvalue weighted by Gasteiger charge is -2.18. The summed E-state index contributed by atoms with van der Waals surface area (Å²) in [4.78, 5) is 0. The van der Waals surface area contributed by atoms with Crippen LogP contribution in [0.15, 0.2) is 108 Å². The topological polar surface area (TPSA) is 20.2 Å². The lowest BCUT2D eigenvalue weighted by Crippen LogP contribution is -1.91. The Bertz CT molecular complexity index is 1260. The molecule has 5 aromatic rings. The maximum atomic E-state index is 7.00. The van der Waals surface area contributed by atoms with Crippen LogP contribution < -0.4 is 0 Å². The Morgan fingerprint density at radius 1 is 0.483 bits per heavy atom. The number of fused-ring (bicyclic) bond motifs is 2. The van der Waals surface area contributed by atoms with Crippen LogP contribution in [0.25, 0.3) is 43.8 Å². The first-order valence-electron chi connectivity index (χ1n) is 9.53. The second kappa shape index (κ2) is 8.60. The molecule has 0 aliphatic carbocycles. The third kappa shape index (κ3) is 3.46. The zero-order valence-corrected chi connectivity index (χ0v) is 17.7. The number of benzene rings is 5. The zero-order chi connectivity index (χ0) is 20.2. The van der Waals surface area contributed by atoms with Crippen LogP contribution in [0.2, 0.25) is 0 Å². The first-order chi connectivity index (χ1) is 14.3. The molecular formula is C27H21BrO. The van der Waals surface area contributed by atoms with E-state index in [4.69, 9.17) is 5.11 Å². The lowest BCUT2D eigenvalue weighted by atomic mass is 9.86. The summed E-state index contributed by atoms with van der Waals surface area (Å²) < 4.78 is 1.13. The lowest BCUT2D eigenvalue weighted by molar-refractivity contribution is 0.399. The van der Waals surface area contributed by atoms with Crippen LogP contribution in [0.4, 0.5) is 0 Å². The fourth-order valence-electron chi connectivity index (χ4n) is 4.01. The highest BCUT2D eigenvalue weighted by Gasteiger charge is 2.17. The van der Waals surface area contributed by atoms with Gasteiger partial charge in [-0.3, -0.25) is 0 Å². The standard InChI is InChI=1S/C26H17Br.CH4O/c27-23-17-9-16-22-24(18-10-3-1-4-11-18)20-14-7-8-15-21(20)25(26(22)23)19-12-5-2-6-13-19;1-2/h1-17H;2H,1H3. The largest absolute Gasteiger partial charge is 0.400 e. The Labute approximate surface area is 179 Å². The summed E-state index contributed by atoms with van der Waals surface area (Å²) in [5, 5.41) is 12.1. The van der Waals surface area contributed by atoms with Crippen LogP contribution in [-0.4, -0.2) is 12.2 Å². The molecule has 0 bridgehead atoms. The normalized spacial score (nSPS) is 10.6. The van der Waals surface area contributed by atoms with Crippen molar-refractivity contribution in [2.75, 3.05) is 7.11 Å². The quantitative estimate of drug-likeness (QED) is 0.278. The molecule has 0 saturated heterocycles. The predicted octanol–water partition coefficient (Wildman–Crippen LogP) is 7.70. The number of hydrogen-bond acceptors (Lipinski definition) is 1. The van der Waals surface area contributed by atoms with Crippen LogP contribution in [-0.2, 0) is 0 Å². The summed E-state index contributed by atoms with van der Waals surface area (Å²) in [5.74, 6) is 0. The van der Waals surface area contributed by atoms with Gasteiger partial charge < -0.3 is 5.11 Å². The highest BCUT2D eigenvalue weighted by molar-refractivity contribution is 9.10. The first kappa shape index (κ1) is 19.4. The fourth-order valence-corrected chi connectivity index (χ4v) is 4.57. The van der Waals surface area contributed by atoms with Gasteiger partial charge in [-0.05, 0) is 44.5 Å². The number of aliphatic hydroxyl groups is 1. The highest BCUT2D eigenvalue weighted by atomic mass is 79.9. The molecule has 0 saturated carbocycles. The predicted molar refractivity (Wildman–Crippen MR) is 128 cm³/mol. The molecule has 2 heteroatoms. The van der Waals surface area contributed by atoms with Crippen molar-refractivity contribution in [2.24, 2.45) is 0 Å². The van der Waals surface area contributed by atoms with Gasteiger partial charge >= 0.3 is 0 Å². The van der Waals surface area contributed by atoms with E-state index in [0.717, 1.165) is 11.6 Å². The zero-order valence-electron chi connectivity index (χ0n) is 16.1. The minimum atomic E-state index is 1.00. The van der Waals surface area contributed by atoms with Gasteiger partial charge in [0, 0.05) is 17.0 Å². The third-order valence-electron chi connectivity index (χ3n) is 5.12. The van der Waals surface area contributed by atoms with Crippen molar-refractivity contribution in [1.29, 1.82) is 0 Å². The molecule has 0 spiro atoms. The molecule has 0 radical (unpaired) electrons. The summed E-state index contributed by atoms with van der Waals surface area (Å²) in [6.07, 6.45) is 0. The Morgan fingerprint density at radius 2 is 0.931 bits per heavy atom. The Hall–Kier alpha value is -2.94. The molecule has 142 valence electrons. The average Bonchev–Trinajstić information content (AvgIpc) is 2.80. The van der Waals surface area contributed by atoms with Gasteiger partial charge in [0.15, 0.2) is 0 Å². The van der Waals surface area contributed by atoms with Crippen molar-refractivity contribution in [1.82, 2.24) is 0 Å². The van der Waals surface area contributed by atoms with Gasteiger partial charge in [0.1, 0.15) is 0 Å². The van der Waals surface area contributed by atoms with E-state index < -0.39 is 0 Å². The van der Waals surface area contributed by atoms with Crippen LogP contribution in [0.3, 0.4) is 0 Å². The van der Waals surface area contributed by atoms with Gasteiger partial charge in [0.25, 0.3) is 0 Å². The molecule has 0 atom stereocenters. The number of aliphatic hydroxyl groups excluding tert-OH is 1. The van der Waals surface area contributed by atoms with Gasteiger partial charge in [-0.1, -0.05) is 113 Å². The van der Waals surface area contributed by atoms with E-state index >= 15 is 0 Å². The maximum Gasteiger partial charge on any atom is 0.0319 e. The molecule has 0 aliphatic rings. The van der Waals surface area contributed by atoms with E-state index in [1.165, 1.54) is 43.8 Å². The van der Waals surface area contributed by atoms with Crippen molar-refractivity contribution in [2.45, 2.75) is 0 Å². The summed E-state index contributed by atoms with van der Waals surface area (Å²) in [6.45, 7) is 0. The number of rotatable bonds is 2.